The first-order valence-corrected chi connectivity index (χ1v) is 13.7. The quantitative estimate of drug-likeness (QED) is 0.165. The van der Waals surface area contributed by atoms with Crippen molar-refractivity contribution in [2.24, 2.45) is 5.41 Å². The van der Waals surface area contributed by atoms with Crippen LogP contribution in [0.1, 0.15) is 62.0 Å². The monoisotopic (exact) mass is 544 g/mol. The topological polar surface area (TPSA) is 105 Å². The molecule has 0 bridgehead atoms. The molecule has 0 spiro atoms. The maximum atomic E-state index is 13.0. The van der Waals surface area contributed by atoms with Crippen LogP contribution in [0, 0.1) is 5.41 Å². The lowest BCUT2D eigenvalue weighted by Gasteiger charge is -2.22. The largest absolute Gasteiger partial charge is 0.492 e. The van der Waals surface area contributed by atoms with Crippen molar-refractivity contribution in [2.45, 2.75) is 59.0 Å². The molecule has 2 atom stereocenters. The highest BCUT2D eigenvalue weighted by atomic mass is 16.5. The molecule has 3 aromatic rings. The van der Waals surface area contributed by atoms with Gasteiger partial charge < -0.3 is 20.5 Å². The maximum Gasteiger partial charge on any atom is 0.326 e. The number of benzene rings is 3. The summed E-state index contributed by atoms with van der Waals surface area (Å²) in [7, 11) is 0. The van der Waals surface area contributed by atoms with Crippen molar-refractivity contribution < 1.29 is 24.2 Å². The Labute approximate surface area is 237 Å². The van der Waals surface area contributed by atoms with E-state index in [1.807, 2.05) is 37.3 Å². The minimum absolute atomic E-state index is 0.0391. The highest BCUT2D eigenvalue weighted by molar-refractivity contribution is 6.12. The summed E-state index contributed by atoms with van der Waals surface area (Å²) in [5.41, 5.74) is 2.21. The van der Waals surface area contributed by atoms with Crippen LogP contribution in [0.5, 0.6) is 5.75 Å². The second kappa shape index (κ2) is 14.4. The van der Waals surface area contributed by atoms with Gasteiger partial charge in [0.05, 0.1) is 6.04 Å². The van der Waals surface area contributed by atoms with Crippen LogP contribution in [-0.4, -0.2) is 47.9 Å². The average molecular weight is 545 g/mol. The van der Waals surface area contributed by atoms with E-state index in [9.17, 15) is 19.5 Å². The van der Waals surface area contributed by atoms with Gasteiger partial charge in [-0.15, -0.1) is 0 Å². The van der Waals surface area contributed by atoms with Crippen LogP contribution < -0.4 is 15.4 Å². The molecule has 2 unspecified atom stereocenters. The fourth-order valence-corrected chi connectivity index (χ4v) is 4.43. The zero-order valence-electron chi connectivity index (χ0n) is 23.8. The molecule has 0 saturated carbocycles. The molecule has 0 saturated heterocycles. The van der Waals surface area contributed by atoms with Gasteiger partial charge in [-0.25, -0.2) is 4.79 Å². The predicted molar refractivity (Wildman–Crippen MR) is 158 cm³/mol. The molecule has 0 fully saturated rings. The number of rotatable bonds is 15. The Morgan fingerprint density at radius 3 is 2.15 bits per heavy atom. The Hall–Kier alpha value is -3.97. The van der Waals surface area contributed by atoms with Crippen molar-refractivity contribution in [1.29, 1.82) is 0 Å². The molecule has 0 amide bonds. The van der Waals surface area contributed by atoms with Crippen molar-refractivity contribution in [1.82, 2.24) is 5.32 Å². The number of ketones is 2. The van der Waals surface area contributed by atoms with Crippen molar-refractivity contribution >= 4 is 23.2 Å². The van der Waals surface area contributed by atoms with Crippen LogP contribution in [0.15, 0.2) is 78.9 Å². The standard InChI is InChI=1S/C33H40N2O5/c1-5-27(30(36)22-33(2,3)4)34-19-20-40-25-17-15-23(16-18-25)21-29(32(38)39)35-28-14-10-9-13-26(28)31(37)24-11-7-6-8-12-24/h6-18,27,29,34-35H,5,19-22H2,1-4H3,(H,38,39). The number of Topliss-reactive ketones (excluding diaryl/α,β-unsaturated/α-hetero) is 1. The highest BCUT2D eigenvalue weighted by Gasteiger charge is 2.23. The van der Waals surface area contributed by atoms with Gasteiger partial charge in [-0.1, -0.05) is 82.3 Å². The summed E-state index contributed by atoms with van der Waals surface area (Å²) in [5, 5.41) is 16.2. The second-order valence-corrected chi connectivity index (χ2v) is 11.1. The lowest BCUT2D eigenvalue weighted by Crippen LogP contribution is -2.39. The van der Waals surface area contributed by atoms with Crippen LogP contribution >= 0.6 is 0 Å². The molecule has 0 radical (unpaired) electrons. The van der Waals surface area contributed by atoms with Crippen LogP contribution in [0.4, 0.5) is 5.69 Å². The van der Waals surface area contributed by atoms with E-state index in [0.717, 1.165) is 12.0 Å². The van der Waals surface area contributed by atoms with Crippen LogP contribution in [0.3, 0.4) is 0 Å². The van der Waals surface area contributed by atoms with E-state index >= 15 is 0 Å². The van der Waals surface area contributed by atoms with Gasteiger partial charge >= 0.3 is 5.97 Å². The van der Waals surface area contributed by atoms with Gasteiger partial charge in [-0.3, -0.25) is 9.59 Å². The van der Waals surface area contributed by atoms with Gasteiger partial charge in [0.2, 0.25) is 0 Å². The summed E-state index contributed by atoms with van der Waals surface area (Å²) in [6.45, 7) is 9.13. The molecule has 0 aliphatic carbocycles. The first-order chi connectivity index (χ1) is 19.1. The molecule has 3 N–H and O–H groups in total. The van der Waals surface area contributed by atoms with Gasteiger partial charge in [0, 0.05) is 36.2 Å². The first kappa shape index (κ1) is 30.6. The SMILES string of the molecule is CCC(NCCOc1ccc(CC(Nc2ccccc2C(=O)c2ccccc2)C(=O)O)cc1)C(=O)CC(C)(C)C. The van der Waals surface area contributed by atoms with Crippen molar-refractivity contribution in [3.63, 3.8) is 0 Å². The lowest BCUT2D eigenvalue weighted by atomic mass is 9.87. The maximum absolute atomic E-state index is 13.0. The van der Waals surface area contributed by atoms with E-state index in [1.54, 1.807) is 48.5 Å². The molecule has 0 aromatic heterocycles. The number of aliphatic carboxylic acids is 1. The summed E-state index contributed by atoms with van der Waals surface area (Å²) in [4.78, 5) is 37.6. The van der Waals surface area contributed by atoms with E-state index in [-0.39, 0.29) is 29.4 Å². The molecule has 7 nitrogen and oxygen atoms in total. The number of carbonyl (C=O) groups is 3. The van der Waals surface area contributed by atoms with Crippen molar-refractivity contribution in [3.8, 4) is 5.75 Å². The zero-order chi connectivity index (χ0) is 29.1. The van der Waals surface area contributed by atoms with Crippen LogP contribution in [0.2, 0.25) is 0 Å². The molecule has 3 rings (SSSR count). The molecular weight excluding hydrogens is 504 g/mol. The minimum atomic E-state index is -1.01. The Kier molecular flexibility index (Phi) is 11.0. The molecule has 3 aromatic carbocycles. The molecule has 212 valence electrons. The van der Waals surface area contributed by atoms with Crippen LogP contribution in [-0.2, 0) is 16.0 Å². The summed E-state index contributed by atoms with van der Waals surface area (Å²) in [6, 6.07) is 22.0. The number of ether oxygens (including phenoxy) is 1. The molecule has 40 heavy (non-hydrogen) atoms. The number of carbonyl (C=O) groups excluding carboxylic acids is 2. The molecule has 0 heterocycles. The van der Waals surface area contributed by atoms with Crippen molar-refractivity contribution in [2.75, 3.05) is 18.5 Å². The number of carboxylic acid groups (broad SMARTS) is 1. The Morgan fingerprint density at radius 2 is 1.52 bits per heavy atom. The molecule has 0 aliphatic rings. The summed E-state index contributed by atoms with van der Waals surface area (Å²) in [6.07, 6.45) is 1.48. The van der Waals surface area contributed by atoms with E-state index < -0.39 is 12.0 Å². The Balaban J connectivity index is 1.56. The smallest absolute Gasteiger partial charge is 0.326 e. The lowest BCUT2D eigenvalue weighted by molar-refractivity contribution is -0.137. The molecule has 0 aliphatic heterocycles. The van der Waals surface area contributed by atoms with Gasteiger partial charge in [-0.05, 0) is 41.7 Å². The second-order valence-electron chi connectivity index (χ2n) is 11.1. The fraction of sp³-hybridized carbons (Fsp3) is 0.364. The fourth-order valence-electron chi connectivity index (χ4n) is 4.43. The summed E-state index contributed by atoms with van der Waals surface area (Å²) >= 11 is 0. The number of anilines is 1. The number of hydrogen-bond acceptors (Lipinski definition) is 6. The van der Waals surface area contributed by atoms with E-state index in [0.29, 0.717) is 42.1 Å². The Bertz CT molecular complexity index is 1270. The first-order valence-electron chi connectivity index (χ1n) is 13.7. The zero-order valence-corrected chi connectivity index (χ0v) is 23.8. The van der Waals surface area contributed by atoms with Gasteiger partial charge in [-0.2, -0.15) is 0 Å². The highest BCUT2D eigenvalue weighted by Crippen LogP contribution is 2.22. The van der Waals surface area contributed by atoms with Gasteiger partial charge in [0.1, 0.15) is 24.2 Å². The predicted octanol–water partition coefficient (Wildman–Crippen LogP) is 5.78. The number of carboxylic acids is 1. The van der Waals surface area contributed by atoms with Crippen LogP contribution in [0.25, 0.3) is 0 Å². The van der Waals surface area contributed by atoms with Crippen molar-refractivity contribution in [3.05, 3.63) is 95.6 Å². The van der Waals surface area contributed by atoms with E-state index in [1.165, 1.54) is 0 Å². The molecular formula is C33H40N2O5. The number of para-hydroxylation sites is 1. The normalized spacial score (nSPS) is 12.8. The van der Waals surface area contributed by atoms with Gasteiger partial charge in [0.25, 0.3) is 0 Å². The van der Waals surface area contributed by atoms with E-state index in [4.69, 9.17) is 4.74 Å². The Morgan fingerprint density at radius 1 is 0.875 bits per heavy atom. The average Bonchev–Trinajstić information content (AvgIpc) is 2.93. The van der Waals surface area contributed by atoms with E-state index in [2.05, 4.69) is 31.4 Å². The summed E-state index contributed by atoms with van der Waals surface area (Å²) < 4.78 is 5.83. The third-order valence-electron chi connectivity index (χ3n) is 6.46. The number of nitrogens with one attached hydrogen (secondary N) is 2. The third kappa shape index (κ3) is 9.35. The minimum Gasteiger partial charge on any atom is -0.492 e. The summed E-state index contributed by atoms with van der Waals surface area (Å²) in [5.74, 6) is -0.307. The number of hydrogen-bond donors (Lipinski definition) is 3. The third-order valence-corrected chi connectivity index (χ3v) is 6.46. The van der Waals surface area contributed by atoms with Gasteiger partial charge in [0.15, 0.2) is 5.78 Å². The molecule has 7 heteroatoms.